The molecule has 1 aliphatic heterocycles. The van der Waals surface area contributed by atoms with Gasteiger partial charge >= 0.3 is 0 Å². The minimum absolute atomic E-state index is 0.0224. The van der Waals surface area contributed by atoms with Crippen LogP contribution in [-0.2, 0) is 4.79 Å². The fraction of sp³-hybridized carbons (Fsp3) is 0.391. The molecule has 6 heteroatoms. The Balaban J connectivity index is 1.45. The molecule has 2 aromatic rings. The number of likely N-dealkylation sites (tertiary alicyclic amines) is 1. The minimum Gasteiger partial charge on any atom is -0.497 e. The van der Waals surface area contributed by atoms with Crippen LogP contribution in [0.3, 0.4) is 0 Å². The van der Waals surface area contributed by atoms with E-state index in [2.05, 4.69) is 5.32 Å². The number of hydrogen-bond donors (Lipinski definition) is 1. The number of piperidine rings is 1. The highest BCUT2D eigenvalue weighted by Gasteiger charge is 2.24. The van der Waals surface area contributed by atoms with Crippen LogP contribution in [0.1, 0.15) is 34.3 Å². The first-order valence-corrected chi connectivity index (χ1v) is 9.89. The Labute approximate surface area is 171 Å². The van der Waals surface area contributed by atoms with Crippen LogP contribution in [0, 0.1) is 13.8 Å². The zero-order valence-corrected chi connectivity index (χ0v) is 17.2. The summed E-state index contributed by atoms with van der Waals surface area (Å²) in [6, 6.07) is 12.9. The van der Waals surface area contributed by atoms with Crippen LogP contribution in [0.2, 0.25) is 0 Å². The van der Waals surface area contributed by atoms with Gasteiger partial charge in [-0.25, -0.2) is 0 Å². The maximum Gasteiger partial charge on any atom is 0.260 e. The van der Waals surface area contributed by atoms with Crippen molar-refractivity contribution >= 4 is 11.8 Å². The van der Waals surface area contributed by atoms with Crippen molar-refractivity contribution in [1.82, 2.24) is 10.2 Å². The molecule has 0 aromatic heterocycles. The number of nitrogens with zero attached hydrogens (tertiary/aromatic N) is 1. The Morgan fingerprint density at radius 3 is 2.41 bits per heavy atom. The molecule has 0 radical (unpaired) electrons. The number of aryl methyl sites for hydroxylation is 1. The molecule has 1 N–H and O–H groups in total. The summed E-state index contributed by atoms with van der Waals surface area (Å²) in [4.78, 5) is 26.7. The van der Waals surface area contributed by atoms with Crippen LogP contribution in [0.15, 0.2) is 42.5 Å². The smallest absolute Gasteiger partial charge is 0.260 e. The fourth-order valence-corrected chi connectivity index (χ4v) is 3.40. The maximum atomic E-state index is 12.5. The molecule has 2 amide bonds. The van der Waals surface area contributed by atoms with Gasteiger partial charge in [0.15, 0.2) is 6.61 Å². The molecule has 0 unspecified atom stereocenters. The van der Waals surface area contributed by atoms with E-state index in [-0.39, 0.29) is 24.5 Å². The van der Waals surface area contributed by atoms with Gasteiger partial charge in [0.05, 0.1) is 7.11 Å². The van der Waals surface area contributed by atoms with E-state index in [4.69, 9.17) is 9.47 Å². The minimum atomic E-state index is -0.101. The standard InChI is InChI=1S/C23H28N2O4/c1-16-5-4-6-21(17(16)2)29-15-22(26)25-13-11-19(12-14-25)24-23(27)18-7-9-20(28-3)10-8-18/h4-10,19H,11-15H2,1-3H3,(H,24,27). The SMILES string of the molecule is COc1ccc(C(=O)NC2CCN(C(=O)COc3cccc(C)c3C)CC2)cc1. The summed E-state index contributed by atoms with van der Waals surface area (Å²) in [6.45, 7) is 5.28. The van der Waals surface area contributed by atoms with E-state index in [0.717, 1.165) is 35.5 Å². The number of ether oxygens (including phenoxy) is 2. The lowest BCUT2D eigenvalue weighted by Gasteiger charge is -2.32. The van der Waals surface area contributed by atoms with Gasteiger partial charge in [0.25, 0.3) is 11.8 Å². The third kappa shape index (κ3) is 5.28. The third-order valence-corrected chi connectivity index (χ3v) is 5.44. The first-order chi connectivity index (χ1) is 14.0. The molecule has 0 aliphatic carbocycles. The van der Waals surface area contributed by atoms with E-state index >= 15 is 0 Å². The molecule has 0 atom stereocenters. The van der Waals surface area contributed by atoms with Gasteiger partial charge < -0.3 is 19.7 Å². The fourth-order valence-electron chi connectivity index (χ4n) is 3.40. The summed E-state index contributed by atoms with van der Waals surface area (Å²) in [6.07, 6.45) is 1.47. The summed E-state index contributed by atoms with van der Waals surface area (Å²) in [5.41, 5.74) is 2.80. The predicted octanol–water partition coefficient (Wildman–Crippen LogP) is 3.11. The Morgan fingerprint density at radius 1 is 1.07 bits per heavy atom. The average Bonchev–Trinajstić information content (AvgIpc) is 2.75. The van der Waals surface area contributed by atoms with Crippen molar-refractivity contribution in [3.63, 3.8) is 0 Å². The van der Waals surface area contributed by atoms with Crippen molar-refractivity contribution in [2.45, 2.75) is 32.7 Å². The van der Waals surface area contributed by atoms with Gasteiger partial charge in [0.1, 0.15) is 11.5 Å². The monoisotopic (exact) mass is 396 g/mol. The predicted molar refractivity (Wildman–Crippen MR) is 111 cm³/mol. The van der Waals surface area contributed by atoms with Gasteiger partial charge in [-0.05, 0) is 68.1 Å². The summed E-state index contributed by atoms with van der Waals surface area (Å²) in [5, 5.41) is 3.05. The Morgan fingerprint density at radius 2 is 1.76 bits per heavy atom. The highest BCUT2D eigenvalue weighted by molar-refractivity contribution is 5.94. The van der Waals surface area contributed by atoms with Gasteiger partial charge in [-0.1, -0.05) is 12.1 Å². The lowest BCUT2D eigenvalue weighted by Crippen LogP contribution is -2.47. The van der Waals surface area contributed by atoms with Crippen molar-refractivity contribution in [3.05, 3.63) is 59.2 Å². The number of carbonyl (C=O) groups is 2. The number of carbonyl (C=O) groups excluding carboxylic acids is 2. The normalized spacial score (nSPS) is 14.4. The van der Waals surface area contributed by atoms with E-state index in [0.29, 0.717) is 18.7 Å². The molecule has 6 nitrogen and oxygen atoms in total. The van der Waals surface area contributed by atoms with Gasteiger partial charge in [0.2, 0.25) is 0 Å². The number of rotatable bonds is 6. The average molecular weight is 396 g/mol. The lowest BCUT2D eigenvalue weighted by atomic mass is 10.0. The lowest BCUT2D eigenvalue weighted by molar-refractivity contribution is -0.134. The second-order valence-corrected chi connectivity index (χ2v) is 7.34. The Kier molecular flexibility index (Phi) is 6.75. The van der Waals surface area contributed by atoms with Crippen LogP contribution in [0.25, 0.3) is 0 Å². The highest BCUT2D eigenvalue weighted by Crippen LogP contribution is 2.21. The molecular formula is C23H28N2O4. The van der Waals surface area contributed by atoms with Crippen molar-refractivity contribution in [2.75, 3.05) is 26.8 Å². The molecule has 0 saturated carbocycles. The number of methoxy groups -OCH3 is 1. The van der Waals surface area contributed by atoms with Gasteiger partial charge in [-0.2, -0.15) is 0 Å². The summed E-state index contributed by atoms with van der Waals surface area (Å²) < 4.78 is 10.8. The van der Waals surface area contributed by atoms with E-state index in [1.807, 2.05) is 32.0 Å². The maximum absolute atomic E-state index is 12.5. The number of nitrogens with one attached hydrogen (secondary N) is 1. The van der Waals surface area contributed by atoms with E-state index in [1.165, 1.54) is 0 Å². The topological polar surface area (TPSA) is 67.9 Å². The zero-order chi connectivity index (χ0) is 20.8. The molecule has 29 heavy (non-hydrogen) atoms. The summed E-state index contributed by atoms with van der Waals surface area (Å²) in [5.74, 6) is 1.35. The molecule has 1 aliphatic rings. The molecule has 1 heterocycles. The first kappa shape index (κ1) is 20.7. The quantitative estimate of drug-likeness (QED) is 0.815. The van der Waals surface area contributed by atoms with E-state index in [9.17, 15) is 9.59 Å². The van der Waals surface area contributed by atoms with Crippen LogP contribution >= 0.6 is 0 Å². The molecule has 1 fully saturated rings. The number of hydrogen-bond acceptors (Lipinski definition) is 4. The zero-order valence-electron chi connectivity index (χ0n) is 17.2. The van der Waals surface area contributed by atoms with Crippen molar-refractivity contribution < 1.29 is 19.1 Å². The molecule has 0 bridgehead atoms. The van der Waals surface area contributed by atoms with Gasteiger partial charge in [-0.15, -0.1) is 0 Å². The third-order valence-electron chi connectivity index (χ3n) is 5.44. The molecular weight excluding hydrogens is 368 g/mol. The second-order valence-electron chi connectivity index (χ2n) is 7.34. The summed E-state index contributed by atoms with van der Waals surface area (Å²) >= 11 is 0. The van der Waals surface area contributed by atoms with Crippen molar-refractivity contribution in [3.8, 4) is 11.5 Å². The van der Waals surface area contributed by atoms with Crippen LogP contribution in [-0.4, -0.2) is 49.6 Å². The largest absolute Gasteiger partial charge is 0.497 e. The van der Waals surface area contributed by atoms with Gasteiger partial charge in [0, 0.05) is 24.7 Å². The number of amides is 2. The summed E-state index contributed by atoms with van der Waals surface area (Å²) in [7, 11) is 1.59. The van der Waals surface area contributed by atoms with Crippen LogP contribution in [0.4, 0.5) is 0 Å². The van der Waals surface area contributed by atoms with Gasteiger partial charge in [-0.3, -0.25) is 9.59 Å². The first-order valence-electron chi connectivity index (χ1n) is 9.89. The molecule has 154 valence electrons. The molecule has 1 saturated heterocycles. The number of benzene rings is 2. The van der Waals surface area contributed by atoms with Crippen LogP contribution < -0.4 is 14.8 Å². The van der Waals surface area contributed by atoms with E-state index in [1.54, 1.807) is 36.3 Å². The highest BCUT2D eigenvalue weighted by atomic mass is 16.5. The molecule has 0 spiro atoms. The van der Waals surface area contributed by atoms with Crippen molar-refractivity contribution in [2.24, 2.45) is 0 Å². The Hall–Kier alpha value is -3.02. The molecule has 3 rings (SSSR count). The molecule has 2 aromatic carbocycles. The van der Waals surface area contributed by atoms with Crippen LogP contribution in [0.5, 0.6) is 11.5 Å². The van der Waals surface area contributed by atoms with E-state index < -0.39 is 0 Å². The van der Waals surface area contributed by atoms with Crippen molar-refractivity contribution in [1.29, 1.82) is 0 Å². The Bertz CT molecular complexity index is 856. The second kappa shape index (κ2) is 9.45.